The molecule has 2 heteroatoms. The lowest BCUT2D eigenvalue weighted by Crippen LogP contribution is -2.40. The van der Waals surface area contributed by atoms with Crippen LogP contribution in [0.1, 0.15) is 58.3 Å². The van der Waals surface area contributed by atoms with Gasteiger partial charge in [0.05, 0.1) is 6.10 Å². The molecule has 1 heterocycles. The van der Waals surface area contributed by atoms with Crippen LogP contribution in [0.25, 0.3) is 0 Å². The quantitative estimate of drug-likeness (QED) is 0.719. The van der Waals surface area contributed by atoms with Gasteiger partial charge < -0.3 is 10.1 Å². The van der Waals surface area contributed by atoms with Crippen LogP contribution in [0.3, 0.4) is 0 Å². The Bertz CT molecular complexity index is 185. The van der Waals surface area contributed by atoms with Crippen molar-refractivity contribution in [3.05, 3.63) is 0 Å². The third-order valence-electron chi connectivity index (χ3n) is 4.20. The molecular weight excluding hydrogens is 198 g/mol. The fourth-order valence-electron chi connectivity index (χ4n) is 2.91. The molecule has 1 aliphatic carbocycles. The summed E-state index contributed by atoms with van der Waals surface area (Å²) >= 11 is 0. The van der Waals surface area contributed by atoms with Gasteiger partial charge in [0, 0.05) is 12.6 Å². The third kappa shape index (κ3) is 3.46. The lowest BCUT2D eigenvalue weighted by Gasteiger charge is -2.35. The summed E-state index contributed by atoms with van der Waals surface area (Å²) < 4.78 is 5.71. The Hall–Kier alpha value is -0.0800. The van der Waals surface area contributed by atoms with E-state index in [-0.39, 0.29) is 0 Å². The molecule has 0 aromatic carbocycles. The Labute approximate surface area is 100 Å². The van der Waals surface area contributed by atoms with Gasteiger partial charge in [-0.15, -0.1) is 0 Å². The topological polar surface area (TPSA) is 21.3 Å². The Balaban J connectivity index is 1.67. The predicted octanol–water partition coefficient (Wildman–Crippen LogP) is 3.11. The van der Waals surface area contributed by atoms with Crippen LogP contribution in [0, 0.1) is 5.92 Å². The first-order valence-electron chi connectivity index (χ1n) is 7.25. The van der Waals surface area contributed by atoms with Gasteiger partial charge in [-0.25, -0.2) is 0 Å². The number of nitrogens with one attached hydrogen (secondary N) is 1. The molecule has 94 valence electrons. The summed E-state index contributed by atoms with van der Waals surface area (Å²) in [5.41, 5.74) is 0. The van der Waals surface area contributed by atoms with Crippen molar-refractivity contribution in [2.75, 3.05) is 13.2 Å². The Morgan fingerprint density at radius 1 is 1.25 bits per heavy atom. The highest BCUT2D eigenvalue weighted by atomic mass is 16.5. The van der Waals surface area contributed by atoms with Gasteiger partial charge in [0.15, 0.2) is 0 Å². The summed E-state index contributed by atoms with van der Waals surface area (Å²) in [6.45, 7) is 4.44. The maximum Gasteiger partial charge on any atom is 0.0576 e. The van der Waals surface area contributed by atoms with Crippen LogP contribution in [-0.2, 0) is 4.74 Å². The Kier molecular flexibility index (Phi) is 5.11. The molecule has 0 radical (unpaired) electrons. The molecule has 1 saturated carbocycles. The summed E-state index contributed by atoms with van der Waals surface area (Å²) in [6, 6.07) is 0.776. The van der Waals surface area contributed by atoms with E-state index in [4.69, 9.17) is 4.74 Å². The van der Waals surface area contributed by atoms with Gasteiger partial charge in [-0.2, -0.15) is 0 Å². The van der Waals surface area contributed by atoms with Crippen LogP contribution in [0.5, 0.6) is 0 Å². The van der Waals surface area contributed by atoms with E-state index >= 15 is 0 Å². The van der Waals surface area contributed by atoms with E-state index in [0.29, 0.717) is 6.10 Å². The van der Waals surface area contributed by atoms with Crippen molar-refractivity contribution in [1.82, 2.24) is 5.32 Å². The highest BCUT2D eigenvalue weighted by Gasteiger charge is 2.27. The smallest absolute Gasteiger partial charge is 0.0576 e. The van der Waals surface area contributed by atoms with Crippen LogP contribution in [0.4, 0.5) is 0 Å². The van der Waals surface area contributed by atoms with Crippen molar-refractivity contribution >= 4 is 0 Å². The second kappa shape index (κ2) is 6.61. The van der Waals surface area contributed by atoms with E-state index in [1.165, 1.54) is 57.9 Å². The van der Waals surface area contributed by atoms with Crippen molar-refractivity contribution in [1.29, 1.82) is 0 Å². The standard InChI is InChI=1S/C14H27NO/c1-2-10-15-14(12-5-3-6-12)9-8-13-7-4-11-16-13/h12-15H,2-11H2,1H3. The number of rotatable bonds is 7. The Morgan fingerprint density at radius 3 is 2.69 bits per heavy atom. The average molecular weight is 225 g/mol. The monoisotopic (exact) mass is 225 g/mol. The summed E-state index contributed by atoms with van der Waals surface area (Å²) in [6.07, 6.45) is 11.4. The molecule has 2 fully saturated rings. The SMILES string of the molecule is CCCNC(CCC1CCCO1)C1CCC1. The van der Waals surface area contributed by atoms with E-state index in [0.717, 1.165) is 18.6 Å². The van der Waals surface area contributed by atoms with Gasteiger partial charge in [0.2, 0.25) is 0 Å². The van der Waals surface area contributed by atoms with Crippen molar-refractivity contribution in [3.63, 3.8) is 0 Å². The molecule has 2 rings (SSSR count). The summed E-state index contributed by atoms with van der Waals surface area (Å²) in [4.78, 5) is 0. The van der Waals surface area contributed by atoms with E-state index in [1.807, 2.05) is 0 Å². The third-order valence-corrected chi connectivity index (χ3v) is 4.20. The van der Waals surface area contributed by atoms with Crippen LogP contribution in [-0.4, -0.2) is 25.3 Å². The lowest BCUT2D eigenvalue weighted by molar-refractivity contribution is 0.0934. The molecule has 2 aliphatic rings. The molecule has 2 atom stereocenters. The van der Waals surface area contributed by atoms with Crippen molar-refractivity contribution in [3.8, 4) is 0 Å². The van der Waals surface area contributed by atoms with Gasteiger partial charge in [0.1, 0.15) is 0 Å². The fourth-order valence-corrected chi connectivity index (χ4v) is 2.91. The zero-order valence-electron chi connectivity index (χ0n) is 10.7. The molecular formula is C14H27NO. The average Bonchev–Trinajstić information content (AvgIpc) is 2.72. The molecule has 2 nitrogen and oxygen atoms in total. The molecule has 2 unspecified atom stereocenters. The molecule has 0 spiro atoms. The minimum Gasteiger partial charge on any atom is -0.378 e. The highest BCUT2D eigenvalue weighted by Crippen LogP contribution is 2.32. The van der Waals surface area contributed by atoms with Crippen molar-refractivity contribution in [2.45, 2.75) is 70.4 Å². The maximum atomic E-state index is 5.71. The second-order valence-electron chi connectivity index (χ2n) is 5.46. The van der Waals surface area contributed by atoms with Gasteiger partial charge in [-0.3, -0.25) is 0 Å². The number of ether oxygens (including phenoxy) is 1. The molecule has 0 amide bonds. The molecule has 16 heavy (non-hydrogen) atoms. The summed E-state index contributed by atoms with van der Waals surface area (Å²) in [5, 5.41) is 3.74. The molecule has 1 saturated heterocycles. The number of hydrogen-bond donors (Lipinski definition) is 1. The van der Waals surface area contributed by atoms with E-state index in [1.54, 1.807) is 0 Å². The van der Waals surface area contributed by atoms with Crippen molar-refractivity contribution < 1.29 is 4.74 Å². The zero-order chi connectivity index (χ0) is 11.2. The van der Waals surface area contributed by atoms with Crippen LogP contribution in [0.2, 0.25) is 0 Å². The van der Waals surface area contributed by atoms with Gasteiger partial charge in [-0.1, -0.05) is 13.3 Å². The first-order chi connectivity index (χ1) is 7.90. The molecule has 1 aliphatic heterocycles. The van der Waals surface area contributed by atoms with E-state index in [9.17, 15) is 0 Å². The minimum atomic E-state index is 0.575. The summed E-state index contributed by atoms with van der Waals surface area (Å²) in [7, 11) is 0. The normalized spacial score (nSPS) is 27.9. The molecule has 0 bridgehead atoms. The first-order valence-corrected chi connectivity index (χ1v) is 7.25. The fraction of sp³-hybridized carbons (Fsp3) is 1.00. The highest BCUT2D eigenvalue weighted by molar-refractivity contribution is 4.83. The van der Waals surface area contributed by atoms with Crippen LogP contribution >= 0.6 is 0 Å². The van der Waals surface area contributed by atoms with Gasteiger partial charge in [-0.05, 0) is 57.4 Å². The zero-order valence-corrected chi connectivity index (χ0v) is 10.7. The predicted molar refractivity (Wildman–Crippen MR) is 67.6 cm³/mol. The Morgan fingerprint density at radius 2 is 2.12 bits per heavy atom. The second-order valence-corrected chi connectivity index (χ2v) is 5.46. The number of hydrogen-bond acceptors (Lipinski definition) is 2. The van der Waals surface area contributed by atoms with Gasteiger partial charge >= 0.3 is 0 Å². The molecule has 0 aromatic rings. The largest absolute Gasteiger partial charge is 0.378 e. The van der Waals surface area contributed by atoms with E-state index < -0.39 is 0 Å². The first kappa shape index (κ1) is 12.4. The summed E-state index contributed by atoms with van der Waals surface area (Å²) in [5.74, 6) is 0.966. The van der Waals surface area contributed by atoms with Crippen LogP contribution < -0.4 is 5.32 Å². The molecule has 1 N–H and O–H groups in total. The maximum absolute atomic E-state index is 5.71. The molecule has 0 aromatic heterocycles. The van der Waals surface area contributed by atoms with Gasteiger partial charge in [0.25, 0.3) is 0 Å². The lowest BCUT2D eigenvalue weighted by atomic mass is 9.78. The van der Waals surface area contributed by atoms with Crippen molar-refractivity contribution in [2.24, 2.45) is 5.92 Å². The van der Waals surface area contributed by atoms with Crippen LogP contribution in [0.15, 0.2) is 0 Å². The van der Waals surface area contributed by atoms with E-state index in [2.05, 4.69) is 12.2 Å². The minimum absolute atomic E-state index is 0.575.